The van der Waals surface area contributed by atoms with Crippen molar-refractivity contribution in [2.24, 2.45) is 0 Å². The van der Waals surface area contributed by atoms with E-state index >= 15 is 0 Å². The second kappa shape index (κ2) is 11.0. The van der Waals surface area contributed by atoms with Crippen molar-refractivity contribution in [3.05, 3.63) is 188 Å². The Morgan fingerprint density at radius 3 is 1.67 bits per heavy atom. The highest BCUT2D eigenvalue weighted by molar-refractivity contribution is 6.13. The maximum absolute atomic E-state index is 2.43. The molecule has 0 radical (unpaired) electrons. The Labute approximate surface area is 284 Å². The van der Waals surface area contributed by atoms with Gasteiger partial charge in [-0.3, -0.25) is 0 Å². The van der Waals surface area contributed by atoms with E-state index in [0.717, 1.165) is 28.4 Å². The lowest BCUT2D eigenvalue weighted by atomic mass is 10.1. The summed E-state index contributed by atoms with van der Waals surface area (Å²) in [6, 6.07) is 65.9. The predicted octanol–water partition coefficient (Wildman–Crippen LogP) is 12.5. The summed E-state index contributed by atoms with van der Waals surface area (Å²) in [6.45, 7) is 0. The first-order chi connectivity index (χ1) is 24.3. The third-order valence-corrected chi connectivity index (χ3v) is 9.85. The number of nitrogens with zero attached hydrogens (tertiary/aromatic N) is 3. The molecule has 0 atom stereocenters. The number of rotatable bonds is 5. The molecule has 0 unspecified atom stereocenters. The van der Waals surface area contributed by atoms with E-state index in [9.17, 15) is 0 Å². The van der Waals surface area contributed by atoms with E-state index in [-0.39, 0.29) is 0 Å². The quantitative estimate of drug-likeness (QED) is 0.185. The van der Waals surface area contributed by atoms with Crippen LogP contribution in [0.2, 0.25) is 0 Å². The number of anilines is 3. The fourth-order valence-corrected chi connectivity index (χ4v) is 7.54. The number of hydrogen-bond donors (Lipinski definition) is 0. The monoisotopic (exact) mass is 625 g/mol. The van der Waals surface area contributed by atoms with E-state index in [1.165, 1.54) is 54.3 Å². The van der Waals surface area contributed by atoms with Crippen molar-refractivity contribution >= 4 is 71.3 Å². The van der Waals surface area contributed by atoms with Gasteiger partial charge in [-0.05, 0) is 100 Å². The Bertz CT molecular complexity index is 2760. The minimum absolute atomic E-state index is 1.10. The molecular formula is C46H31N3. The molecule has 0 bridgehead atoms. The molecule has 0 saturated heterocycles. The van der Waals surface area contributed by atoms with Crippen LogP contribution in [0.25, 0.3) is 65.6 Å². The molecule has 0 aliphatic heterocycles. The number of hydrogen-bond acceptors (Lipinski definition) is 1. The summed E-state index contributed by atoms with van der Waals surface area (Å²) in [5.74, 6) is 0. The van der Waals surface area contributed by atoms with Crippen LogP contribution in [0.3, 0.4) is 0 Å². The molecule has 0 saturated carbocycles. The Morgan fingerprint density at radius 2 is 0.939 bits per heavy atom. The lowest BCUT2D eigenvalue weighted by Crippen LogP contribution is -2.10. The van der Waals surface area contributed by atoms with Crippen molar-refractivity contribution in [2.75, 3.05) is 4.90 Å². The third kappa shape index (κ3) is 4.51. The van der Waals surface area contributed by atoms with Gasteiger partial charge in [0.05, 0.1) is 16.6 Å². The van der Waals surface area contributed by atoms with E-state index in [0.29, 0.717) is 0 Å². The van der Waals surface area contributed by atoms with Crippen molar-refractivity contribution in [1.82, 2.24) is 9.13 Å². The summed E-state index contributed by atoms with van der Waals surface area (Å²) in [4.78, 5) is 2.38. The van der Waals surface area contributed by atoms with Crippen molar-refractivity contribution < 1.29 is 0 Å². The van der Waals surface area contributed by atoms with Crippen LogP contribution in [0.4, 0.5) is 17.1 Å². The first-order valence-electron chi connectivity index (χ1n) is 16.8. The Morgan fingerprint density at radius 1 is 0.327 bits per heavy atom. The van der Waals surface area contributed by atoms with Crippen molar-refractivity contribution in [3.63, 3.8) is 0 Å². The topological polar surface area (TPSA) is 13.1 Å². The standard InChI is InChI=1S/C46H31N3/c1-2-15-37(16-3-1)47-26-25-36-29-43-42-19-8-9-20-44(42)49(46(43)31-45(36)47)39-18-10-17-38(30-39)48(40-23-21-32-11-4-6-13-34(32)27-40)41-24-22-33-12-5-7-14-35(33)28-41/h1-31H. The molecule has 0 aliphatic carbocycles. The fourth-order valence-electron chi connectivity index (χ4n) is 7.54. The third-order valence-electron chi connectivity index (χ3n) is 9.85. The second-order valence-corrected chi connectivity index (χ2v) is 12.7. The van der Waals surface area contributed by atoms with Gasteiger partial charge in [-0.1, -0.05) is 103 Å². The highest BCUT2D eigenvalue weighted by Crippen LogP contribution is 2.40. The normalized spacial score (nSPS) is 11.7. The lowest BCUT2D eigenvalue weighted by Gasteiger charge is -2.27. The molecule has 10 aromatic rings. The van der Waals surface area contributed by atoms with Crippen LogP contribution in [-0.2, 0) is 0 Å². The highest BCUT2D eigenvalue weighted by Gasteiger charge is 2.18. The minimum atomic E-state index is 1.10. The van der Waals surface area contributed by atoms with Crippen LogP contribution in [-0.4, -0.2) is 9.13 Å². The van der Waals surface area contributed by atoms with E-state index in [4.69, 9.17) is 0 Å². The molecule has 0 amide bonds. The van der Waals surface area contributed by atoms with Crippen molar-refractivity contribution in [2.45, 2.75) is 0 Å². The molecular weight excluding hydrogens is 595 g/mol. The molecule has 2 aromatic heterocycles. The highest BCUT2D eigenvalue weighted by atomic mass is 15.1. The minimum Gasteiger partial charge on any atom is -0.316 e. The summed E-state index contributed by atoms with van der Waals surface area (Å²) in [6.07, 6.45) is 2.18. The van der Waals surface area contributed by atoms with Gasteiger partial charge in [0.25, 0.3) is 0 Å². The molecule has 3 heteroatoms. The van der Waals surface area contributed by atoms with Gasteiger partial charge < -0.3 is 14.0 Å². The SMILES string of the molecule is c1ccc(-n2ccc3cc4c5ccccc5n(-c5cccc(N(c6ccc7ccccc7c6)c6ccc7ccccc7c6)c5)c4cc32)cc1. The van der Waals surface area contributed by atoms with E-state index in [1.807, 2.05) is 0 Å². The molecule has 2 heterocycles. The van der Waals surface area contributed by atoms with Crippen LogP contribution in [0.15, 0.2) is 188 Å². The van der Waals surface area contributed by atoms with Crippen molar-refractivity contribution in [1.29, 1.82) is 0 Å². The van der Waals surface area contributed by atoms with Crippen LogP contribution in [0.5, 0.6) is 0 Å². The van der Waals surface area contributed by atoms with Crippen LogP contribution >= 0.6 is 0 Å². The van der Waals surface area contributed by atoms with Gasteiger partial charge in [0.15, 0.2) is 0 Å². The number of fused-ring (bicyclic) bond motifs is 6. The summed E-state index contributed by atoms with van der Waals surface area (Å²) in [5, 5.41) is 8.63. The number of para-hydroxylation sites is 2. The van der Waals surface area contributed by atoms with Gasteiger partial charge in [0, 0.05) is 50.8 Å². The summed E-state index contributed by atoms with van der Waals surface area (Å²) in [7, 11) is 0. The summed E-state index contributed by atoms with van der Waals surface area (Å²) in [5.41, 5.74) is 9.18. The Hall–Kier alpha value is -6.58. The van der Waals surface area contributed by atoms with E-state index in [2.05, 4.69) is 202 Å². The van der Waals surface area contributed by atoms with Gasteiger partial charge in [-0.25, -0.2) is 0 Å². The van der Waals surface area contributed by atoms with Crippen molar-refractivity contribution in [3.8, 4) is 11.4 Å². The molecule has 10 rings (SSSR count). The maximum atomic E-state index is 2.43. The molecule has 0 fully saturated rings. The average Bonchev–Trinajstić information content (AvgIpc) is 3.73. The molecule has 0 spiro atoms. The smallest absolute Gasteiger partial charge is 0.0562 e. The molecule has 3 nitrogen and oxygen atoms in total. The van der Waals surface area contributed by atoms with Crippen LogP contribution in [0.1, 0.15) is 0 Å². The molecule has 8 aromatic carbocycles. The van der Waals surface area contributed by atoms with E-state index in [1.54, 1.807) is 0 Å². The second-order valence-electron chi connectivity index (χ2n) is 12.7. The van der Waals surface area contributed by atoms with Gasteiger partial charge in [0.2, 0.25) is 0 Å². The Kier molecular flexibility index (Phi) is 6.18. The molecule has 0 aliphatic rings. The zero-order chi connectivity index (χ0) is 32.3. The molecule has 49 heavy (non-hydrogen) atoms. The number of aromatic nitrogens is 2. The molecule has 0 N–H and O–H groups in total. The summed E-state index contributed by atoms with van der Waals surface area (Å²) >= 11 is 0. The van der Waals surface area contributed by atoms with E-state index < -0.39 is 0 Å². The van der Waals surface area contributed by atoms with Gasteiger partial charge in [-0.2, -0.15) is 0 Å². The van der Waals surface area contributed by atoms with Gasteiger partial charge in [0.1, 0.15) is 0 Å². The Balaban J connectivity index is 1.21. The maximum Gasteiger partial charge on any atom is 0.0562 e. The first kappa shape index (κ1) is 27.5. The number of benzene rings is 8. The average molecular weight is 626 g/mol. The van der Waals surface area contributed by atoms with Crippen LogP contribution < -0.4 is 4.90 Å². The fraction of sp³-hybridized carbons (Fsp3) is 0. The summed E-state index contributed by atoms with van der Waals surface area (Å²) < 4.78 is 4.71. The molecule has 230 valence electrons. The van der Waals surface area contributed by atoms with Gasteiger partial charge in [-0.15, -0.1) is 0 Å². The largest absolute Gasteiger partial charge is 0.316 e. The van der Waals surface area contributed by atoms with Gasteiger partial charge >= 0.3 is 0 Å². The zero-order valence-electron chi connectivity index (χ0n) is 26.7. The zero-order valence-corrected chi connectivity index (χ0v) is 26.7. The lowest BCUT2D eigenvalue weighted by molar-refractivity contribution is 1.12. The van der Waals surface area contributed by atoms with Crippen LogP contribution in [0, 0.1) is 0 Å². The first-order valence-corrected chi connectivity index (χ1v) is 16.8. The predicted molar refractivity (Wildman–Crippen MR) is 207 cm³/mol.